The van der Waals surface area contributed by atoms with Crippen LogP contribution in [0.4, 0.5) is 5.69 Å². The third kappa shape index (κ3) is 3.63. The van der Waals surface area contributed by atoms with Gasteiger partial charge in [-0.25, -0.2) is 4.79 Å². The van der Waals surface area contributed by atoms with E-state index in [-0.39, 0.29) is 24.9 Å². The Hall–Kier alpha value is -2.31. The third-order valence-electron chi connectivity index (χ3n) is 2.17. The van der Waals surface area contributed by atoms with Gasteiger partial charge in [0.2, 0.25) is 5.78 Å². The summed E-state index contributed by atoms with van der Waals surface area (Å²) < 4.78 is 0. The van der Waals surface area contributed by atoms with Gasteiger partial charge in [0.1, 0.15) is 6.20 Å². The number of Topliss-reactive ketones (excluding diaryl/α,β-unsaturated/α-hetero) is 1. The van der Waals surface area contributed by atoms with Gasteiger partial charge in [-0.3, -0.25) is 19.9 Å². The van der Waals surface area contributed by atoms with Crippen LogP contribution in [-0.4, -0.2) is 26.8 Å². The molecule has 90 valence electrons. The smallest absolute Gasteiger partial charge is 0.372 e. The predicted octanol–water partition coefficient (Wildman–Crippen LogP) is 0.966. The van der Waals surface area contributed by atoms with Crippen molar-refractivity contribution in [3.8, 4) is 0 Å². The molecule has 1 rings (SSSR count). The Labute approximate surface area is 96.2 Å². The molecule has 1 aromatic rings. The fraction of sp³-hybridized carbons (Fsp3) is 0.300. The van der Waals surface area contributed by atoms with Crippen LogP contribution in [0.2, 0.25) is 0 Å². The maximum absolute atomic E-state index is 10.8. The number of aromatic nitrogens is 1. The van der Waals surface area contributed by atoms with E-state index in [1.165, 1.54) is 12.3 Å². The molecule has 0 aliphatic heterocycles. The van der Waals surface area contributed by atoms with Crippen LogP contribution in [0.3, 0.4) is 0 Å². The van der Waals surface area contributed by atoms with Crippen LogP contribution >= 0.6 is 0 Å². The molecule has 0 aromatic carbocycles. The van der Waals surface area contributed by atoms with Crippen LogP contribution in [0.15, 0.2) is 18.5 Å². The molecule has 0 atom stereocenters. The van der Waals surface area contributed by atoms with Crippen LogP contribution < -0.4 is 0 Å². The molecule has 0 aliphatic rings. The highest BCUT2D eigenvalue weighted by atomic mass is 16.6. The molecule has 0 unspecified atom stereocenters. The minimum Gasteiger partial charge on any atom is -0.476 e. The molecule has 0 fully saturated rings. The molecule has 17 heavy (non-hydrogen) atoms. The Bertz CT molecular complexity index is 458. The van der Waals surface area contributed by atoms with E-state index in [4.69, 9.17) is 5.11 Å². The zero-order valence-corrected chi connectivity index (χ0v) is 8.83. The van der Waals surface area contributed by atoms with Crippen molar-refractivity contribution in [2.45, 2.75) is 19.3 Å². The van der Waals surface area contributed by atoms with E-state index >= 15 is 0 Å². The van der Waals surface area contributed by atoms with Gasteiger partial charge in [0.25, 0.3) is 5.69 Å². The summed E-state index contributed by atoms with van der Waals surface area (Å²) in [7, 11) is 0. The normalized spacial score (nSPS) is 9.88. The third-order valence-corrected chi connectivity index (χ3v) is 2.17. The molecule has 1 aromatic heterocycles. The highest BCUT2D eigenvalue weighted by Crippen LogP contribution is 2.18. The lowest BCUT2D eigenvalue weighted by Gasteiger charge is -2.00. The Balaban J connectivity index is 2.61. The lowest BCUT2D eigenvalue weighted by molar-refractivity contribution is -0.385. The van der Waals surface area contributed by atoms with Crippen molar-refractivity contribution in [2.75, 3.05) is 0 Å². The van der Waals surface area contributed by atoms with Gasteiger partial charge in [0, 0.05) is 18.2 Å². The van der Waals surface area contributed by atoms with Crippen molar-refractivity contribution in [2.24, 2.45) is 0 Å². The second-order valence-electron chi connectivity index (χ2n) is 3.34. The van der Waals surface area contributed by atoms with Gasteiger partial charge < -0.3 is 5.11 Å². The minimum atomic E-state index is -1.48. The quantitative estimate of drug-likeness (QED) is 0.449. The lowest BCUT2D eigenvalue weighted by Crippen LogP contribution is -2.12. The fourth-order valence-electron chi connectivity index (χ4n) is 1.34. The summed E-state index contributed by atoms with van der Waals surface area (Å²) in [5.41, 5.74) is 0.332. The first-order valence-corrected chi connectivity index (χ1v) is 4.85. The van der Waals surface area contributed by atoms with Crippen LogP contribution in [0, 0.1) is 10.1 Å². The van der Waals surface area contributed by atoms with E-state index in [1.54, 1.807) is 0 Å². The van der Waals surface area contributed by atoms with Gasteiger partial charge in [-0.2, -0.15) is 0 Å². The van der Waals surface area contributed by atoms with Gasteiger partial charge in [0.15, 0.2) is 0 Å². The molecular weight excluding hydrogens is 228 g/mol. The standard InChI is InChI=1S/C10H10N2O5/c13-9(10(14)15)3-1-2-7-4-5-11-6-8(7)12(16)17/h4-6H,1-3H2,(H,14,15). The number of aliphatic carboxylic acids is 1. The molecule has 0 spiro atoms. The van der Waals surface area contributed by atoms with Crippen LogP contribution in [0.25, 0.3) is 0 Å². The number of pyridine rings is 1. The maximum Gasteiger partial charge on any atom is 0.372 e. The van der Waals surface area contributed by atoms with Gasteiger partial charge in [0.05, 0.1) is 4.92 Å². The Morgan fingerprint density at radius 1 is 1.47 bits per heavy atom. The monoisotopic (exact) mass is 238 g/mol. The first-order chi connectivity index (χ1) is 8.02. The zero-order chi connectivity index (χ0) is 12.8. The molecule has 7 nitrogen and oxygen atoms in total. The molecule has 0 bridgehead atoms. The van der Waals surface area contributed by atoms with E-state index < -0.39 is 16.7 Å². The Morgan fingerprint density at radius 2 is 2.18 bits per heavy atom. The molecule has 0 amide bonds. The van der Waals surface area contributed by atoms with E-state index in [1.807, 2.05) is 0 Å². The van der Waals surface area contributed by atoms with Gasteiger partial charge in [-0.05, 0) is 18.9 Å². The van der Waals surface area contributed by atoms with Gasteiger partial charge in [-0.15, -0.1) is 0 Å². The molecule has 1 heterocycles. The summed E-state index contributed by atoms with van der Waals surface area (Å²) in [6.45, 7) is 0. The largest absolute Gasteiger partial charge is 0.476 e. The first-order valence-electron chi connectivity index (χ1n) is 4.85. The maximum atomic E-state index is 10.8. The molecular formula is C10H10N2O5. The minimum absolute atomic E-state index is 0.115. The Morgan fingerprint density at radius 3 is 2.76 bits per heavy atom. The summed E-state index contributed by atoms with van der Waals surface area (Å²) in [4.78, 5) is 34.8. The van der Waals surface area contributed by atoms with Crippen LogP contribution in [0.5, 0.6) is 0 Å². The first kappa shape index (κ1) is 12.8. The SMILES string of the molecule is O=C(O)C(=O)CCCc1ccncc1[N+](=O)[O-]. The van der Waals surface area contributed by atoms with E-state index in [2.05, 4.69) is 4.98 Å². The van der Waals surface area contributed by atoms with Crippen molar-refractivity contribution in [3.63, 3.8) is 0 Å². The number of carboxylic acid groups (broad SMARTS) is 1. The highest BCUT2D eigenvalue weighted by molar-refractivity contribution is 6.32. The molecule has 0 radical (unpaired) electrons. The summed E-state index contributed by atoms with van der Waals surface area (Å²) in [5, 5.41) is 19.0. The number of hydrogen-bond donors (Lipinski definition) is 1. The lowest BCUT2D eigenvalue weighted by atomic mass is 10.1. The van der Waals surface area contributed by atoms with E-state index in [0.717, 1.165) is 6.20 Å². The summed E-state index contributed by atoms with van der Waals surface area (Å²) >= 11 is 0. The van der Waals surface area contributed by atoms with Crippen molar-refractivity contribution in [3.05, 3.63) is 34.1 Å². The Kier molecular flexibility index (Phi) is 4.27. The van der Waals surface area contributed by atoms with E-state index in [0.29, 0.717) is 5.56 Å². The highest BCUT2D eigenvalue weighted by Gasteiger charge is 2.15. The average Bonchev–Trinajstić information content (AvgIpc) is 2.29. The molecule has 0 saturated carbocycles. The molecule has 0 aliphatic carbocycles. The topological polar surface area (TPSA) is 110 Å². The van der Waals surface area contributed by atoms with Crippen molar-refractivity contribution < 1.29 is 19.6 Å². The molecule has 7 heteroatoms. The number of nitro groups is 1. The van der Waals surface area contributed by atoms with Gasteiger partial charge in [-0.1, -0.05) is 0 Å². The number of hydrogen-bond acceptors (Lipinski definition) is 5. The number of carbonyl (C=O) groups excluding carboxylic acids is 1. The second kappa shape index (κ2) is 5.69. The van der Waals surface area contributed by atoms with E-state index in [9.17, 15) is 19.7 Å². The fourth-order valence-corrected chi connectivity index (χ4v) is 1.34. The summed E-state index contributed by atoms with van der Waals surface area (Å²) in [6.07, 6.45) is 2.96. The number of carboxylic acids is 1. The predicted molar refractivity (Wildman–Crippen MR) is 56.5 cm³/mol. The van der Waals surface area contributed by atoms with Crippen molar-refractivity contribution in [1.82, 2.24) is 4.98 Å². The number of ketones is 1. The summed E-state index contributed by atoms with van der Waals surface area (Å²) in [6, 6.07) is 1.49. The van der Waals surface area contributed by atoms with Crippen molar-refractivity contribution >= 4 is 17.4 Å². The average molecular weight is 238 g/mol. The van der Waals surface area contributed by atoms with Crippen LogP contribution in [0.1, 0.15) is 18.4 Å². The van der Waals surface area contributed by atoms with Crippen LogP contribution in [-0.2, 0) is 16.0 Å². The second-order valence-corrected chi connectivity index (χ2v) is 3.34. The summed E-state index contributed by atoms with van der Waals surface area (Å²) in [5.74, 6) is -2.36. The number of aryl methyl sites for hydroxylation is 1. The van der Waals surface area contributed by atoms with Crippen molar-refractivity contribution in [1.29, 1.82) is 0 Å². The zero-order valence-electron chi connectivity index (χ0n) is 8.83. The number of nitrogens with zero attached hydrogens (tertiary/aromatic N) is 2. The number of carbonyl (C=O) groups is 2. The number of rotatable bonds is 6. The van der Waals surface area contributed by atoms with Gasteiger partial charge >= 0.3 is 5.97 Å². The molecule has 0 saturated heterocycles. The molecule has 1 N–H and O–H groups in total.